The lowest BCUT2D eigenvalue weighted by molar-refractivity contribution is -0.143. The van der Waals surface area contributed by atoms with Crippen LogP contribution in [-0.4, -0.2) is 43.9 Å². The molecule has 1 saturated heterocycles. The number of ether oxygens (including phenoxy) is 1. The van der Waals surface area contributed by atoms with E-state index in [0.717, 1.165) is 5.69 Å². The molecule has 1 aromatic rings. The standard InChI is InChI=1S/C13H17F3N2O/c1-19-12-5-3-2-4-11(12)17-10-6-7-18(8-10)9-13(14,15)16/h2-5,10,17H,6-9H2,1H3/t10-/m1/s1. The van der Waals surface area contributed by atoms with Gasteiger partial charge in [0.2, 0.25) is 0 Å². The zero-order chi connectivity index (χ0) is 13.9. The minimum atomic E-state index is -4.13. The highest BCUT2D eigenvalue weighted by Crippen LogP contribution is 2.26. The number of halogens is 3. The van der Waals surface area contributed by atoms with E-state index in [1.165, 1.54) is 4.90 Å². The molecule has 1 heterocycles. The van der Waals surface area contributed by atoms with Crippen molar-refractivity contribution in [3.63, 3.8) is 0 Å². The van der Waals surface area contributed by atoms with E-state index in [1.54, 1.807) is 7.11 Å². The molecule has 0 aromatic heterocycles. The lowest BCUT2D eigenvalue weighted by atomic mass is 10.2. The first-order valence-corrected chi connectivity index (χ1v) is 6.16. The van der Waals surface area contributed by atoms with Crippen molar-refractivity contribution in [1.29, 1.82) is 0 Å². The van der Waals surface area contributed by atoms with Crippen molar-refractivity contribution in [2.75, 3.05) is 32.1 Å². The largest absolute Gasteiger partial charge is 0.495 e. The molecule has 0 saturated carbocycles. The van der Waals surface area contributed by atoms with Crippen LogP contribution in [0.2, 0.25) is 0 Å². The monoisotopic (exact) mass is 274 g/mol. The number of methoxy groups -OCH3 is 1. The number of likely N-dealkylation sites (tertiary alicyclic amines) is 1. The molecule has 0 radical (unpaired) electrons. The van der Waals surface area contributed by atoms with Crippen LogP contribution < -0.4 is 10.1 Å². The predicted octanol–water partition coefficient (Wildman–Crippen LogP) is 2.74. The zero-order valence-electron chi connectivity index (χ0n) is 10.7. The number of hydrogen-bond acceptors (Lipinski definition) is 3. The first kappa shape index (κ1) is 14.0. The normalized spacial score (nSPS) is 20.5. The highest BCUT2D eigenvalue weighted by molar-refractivity contribution is 5.56. The average Bonchev–Trinajstić information content (AvgIpc) is 2.75. The van der Waals surface area contributed by atoms with Gasteiger partial charge >= 0.3 is 6.18 Å². The quantitative estimate of drug-likeness (QED) is 0.913. The highest BCUT2D eigenvalue weighted by atomic mass is 19.4. The minimum Gasteiger partial charge on any atom is -0.495 e. The molecule has 1 aliphatic rings. The molecule has 1 aromatic carbocycles. The maximum Gasteiger partial charge on any atom is 0.401 e. The molecule has 1 atom stereocenters. The van der Waals surface area contributed by atoms with Gasteiger partial charge in [0.05, 0.1) is 19.3 Å². The Kier molecular flexibility index (Phi) is 4.19. The zero-order valence-corrected chi connectivity index (χ0v) is 10.7. The molecule has 0 unspecified atom stereocenters. The van der Waals surface area contributed by atoms with Gasteiger partial charge in [-0.3, -0.25) is 4.90 Å². The van der Waals surface area contributed by atoms with Crippen molar-refractivity contribution in [2.45, 2.75) is 18.6 Å². The van der Waals surface area contributed by atoms with Crippen molar-refractivity contribution < 1.29 is 17.9 Å². The number of alkyl halides is 3. The lowest BCUT2D eigenvalue weighted by Crippen LogP contribution is -2.34. The van der Waals surface area contributed by atoms with E-state index >= 15 is 0 Å². The Morgan fingerprint density at radius 1 is 1.37 bits per heavy atom. The van der Waals surface area contributed by atoms with E-state index in [4.69, 9.17) is 4.74 Å². The molecule has 0 spiro atoms. The Balaban J connectivity index is 1.91. The molecule has 19 heavy (non-hydrogen) atoms. The summed E-state index contributed by atoms with van der Waals surface area (Å²) in [6.45, 7) is 0.0288. The summed E-state index contributed by atoms with van der Waals surface area (Å²) in [6, 6.07) is 7.44. The minimum absolute atomic E-state index is 0.0265. The molecular weight excluding hydrogens is 257 g/mol. The molecule has 106 valence electrons. The Hall–Kier alpha value is -1.43. The third kappa shape index (κ3) is 4.02. The van der Waals surface area contributed by atoms with Crippen molar-refractivity contribution >= 4 is 5.69 Å². The van der Waals surface area contributed by atoms with Gasteiger partial charge < -0.3 is 10.1 Å². The summed E-state index contributed by atoms with van der Waals surface area (Å²) in [4.78, 5) is 1.42. The molecular formula is C13H17F3N2O. The number of para-hydroxylation sites is 2. The van der Waals surface area contributed by atoms with E-state index in [1.807, 2.05) is 24.3 Å². The van der Waals surface area contributed by atoms with Gasteiger partial charge in [-0.2, -0.15) is 13.2 Å². The second-order valence-electron chi connectivity index (χ2n) is 4.68. The fraction of sp³-hybridized carbons (Fsp3) is 0.538. The topological polar surface area (TPSA) is 24.5 Å². The average molecular weight is 274 g/mol. The molecule has 1 aliphatic heterocycles. The molecule has 0 amide bonds. The van der Waals surface area contributed by atoms with Crippen LogP contribution in [0.15, 0.2) is 24.3 Å². The second-order valence-corrected chi connectivity index (χ2v) is 4.68. The van der Waals surface area contributed by atoms with Crippen molar-refractivity contribution in [3.8, 4) is 5.75 Å². The fourth-order valence-electron chi connectivity index (χ4n) is 2.33. The summed E-state index contributed by atoms with van der Waals surface area (Å²) >= 11 is 0. The van der Waals surface area contributed by atoms with Gasteiger partial charge in [-0.1, -0.05) is 12.1 Å². The van der Waals surface area contributed by atoms with Crippen LogP contribution in [0.4, 0.5) is 18.9 Å². The van der Waals surface area contributed by atoms with Crippen molar-refractivity contribution in [3.05, 3.63) is 24.3 Å². The third-order valence-electron chi connectivity index (χ3n) is 3.14. The van der Waals surface area contributed by atoms with E-state index in [-0.39, 0.29) is 6.04 Å². The van der Waals surface area contributed by atoms with Gasteiger partial charge in [0.15, 0.2) is 0 Å². The molecule has 0 bridgehead atoms. The van der Waals surface area contributed by atoms with E-state index < -0.39 is 12.7 Å². The summed E-state index contributed by atoms with van der Waals surface area (Å²) < 4.78 is 42.1. The predicted molar refractivity (Wildman–Crippen MR) is 67.5 cm³/mol. The number of benzene rings is 1. The Labute approximate surface area is 110 Å². The first-order chi connectivity index (χ1) is 8.98. The van der Waals surface area contributed by atoms with Crippen LogP contribution >= 0.6 is 0 Å². The molecule has 1 N–H and O–H groups in total. The number of nitrogens with one attached hydrogen (secondary N) is 1. The highest BCUT2D eigenvalue weighted by Gasteiger charge is 2.34. The molecule has 6 heteroatoms. The summed E-state index contributed by atoms with van der Waals surface area (Å²) in [6.07, 6.45) is -3.42. The molecule has 3 nitrogen and oxygen atoms in total. The van der Waals surface area contributed by atoms with Crippen LogP contribution in [0.5, 0.6) is 5.75 Å². The van der Waals surface area contributed by atoms with Gasteiger partial charge in [-0.15, -0.1) is 0 Å². The smallest absolute Gasteiger partial charge is 0.401 e. The van der Waals surface area contributed by atoms with E-state index in [0.29, 0.717) is 25.3 Å². The summed E-state index contributed by atoms with van der Waals surface area (Å²) in [5, 5.41) is 3.24. The van der Waals surface area contributed by atoms with Gasteiger partial charge in [0, 0.05) is 19.1 Å². The first-order valence-electron chi connectivity index (χ1n) is 6.16. The summed E-state index contributed by atoms with van der Waals surface area (Å²) in [5.74, 6) is 0.705. The second kappa shape index (κ2) is 5.69. The Bertz CT molecular complexity index is 423. The number of nitrogens with zero attached hydrogens (tertiary/aromatic N) is 1. The maximum atomic E-state index is 12.3. The molecule has 0 aliphatic carbocycles. The Morgan fingerprint density at radius 2 is 2.11 bits per heavy atom. The van der Waals surface area contributed by atoms with Gasteiger partial charge in [-0.05, 0) is 18.6 Å². The number of anilines is 1. The van der Waals surface area contributed by atoms with Crippen LogP contribution in [0.3, 0.4) is 0 Å². The van der Waals surface area contributed by atoms with Crippen molar-refractivity contribution in [2.24, 2.45) is 0 Å². The fourth-order valence-corrected chi connectivity index (χ4v) is 2.33. The van der Waals surface area contributed by atoms with Gasteiger partial charge in [0.25, 0.3) is 0 Å². The number of rotatable bonds is 4. The SMILES string of the molecule is COc1ccccc1N[C@@H]1CCN(CC(F)(F)F)C1. The van der Waals surface area contributed by atoms with Crippen LogP contribution in [0.25, 0.3) is 0 Å². The molecule has 2 rings (SSSR count). The molecule has 1 fully saturated rings. The Morgan fingerprint density at radius 3 is 2.79 bits per heavy atom. The van der Waals surface area contributed by atoms with Crippen LogP contribution in [-0.2, 0) is 0 Å². The lowest BCUT2D eigenvalue weighted by Gasteiger charge is -2.19. The van der Waals surface area contributed by atoms with Gasteiger partial charge in [-0.25, -0.2) is 0 Å². The van der Waals surface area contributed by atoms with E-state index in [9.17, 15) is 13.2 Å². The van der Waals surface area contributed by atoms with E-state index in [2.05, 4.69) is 5.32 Å². The summed E-state index contributed by atoms with van der Waals surface area (Å²) in [5.41, 5.74) is 0.823. The van der Waals surface area contributed by atoms with Crippen molar-refractivity contribution in [1.82, 2.24) is 4.90 Å². The summed E-state index contributed by atoms with van der Waals surface area (Å²) in [7, 11) is 1.57. The number of hydrogen-bond donors (Lipinski definition) is 1. The van der Waals surface area contributed by atoms with Crippen LogP contribution in [0, 0.1) is 0 Å². The van der Waals surface area contributed by atoms with Crippen LogP contribution in [0.1, 0.15) is 6.42 Å². The maximum absolute atomic E-state index is 12.3. The third-order valence-corrected chi connectivity index (χ3v) is 3.14. The van der Waals surface area contributed by atoms with Gasteiger partial charge in [0.1, 0.15) is 5.75 Å².